The van der Waals surface area contributed by atoms with Gasteiger partial charge in [-0.15, -0.1) is 0 Å². The number of fused-ring (bicyclic) bond motifs is 2. The average molecular weight is 1100 g/mol. The van der Waals surface area contributed by atoms with Gasteiger partial charge in [-0.3, -0.25) is 9.59 Å². The van der Waals surface area contributed by atoms with E-state index in [0.29, 0.717) is 46.3 Å². The van der Waals surface area contributed by atoms with Crippen LogP contribution in [0.2, 0.25) is 0 Å². The van der Waals surface area contributed by atoms with E-state index >= 15 is 0 Å². The van der Waals surface area contributed by atoms with E-state index < -0.39 is 117 Å². The summed E-state index contributed by atoms with van der Waals surface area (Å²) in [6.07, 6.45) is -18.8. The third kappa shape index (κ3) is 14.0. The summed E-state index contributed by atoms with van der Waals surface area (Å²) < 4.78 is 42.2. The van der Waals surface area contributed by atoms with E-state index in [9.17, 15) is 65.4 Å². The zero-order chi connectivity index (χ0) is 56.5. The summed E-state index contributed by atoms with van der Waals surface area (Å²) in [4.78, 5) is 40.6. The zero-order valence-electron chi connectivity index (χ0n) is 44.3. The van der Waals surface area contributed by atoms with Crippen LogP contribution in [0.4, 0.5) is 5.69 Å². The van der Waals surface area contributed by atoms with Crippen LogP contribution in [0.25, 0.3) is 33.4 Å². The van der Waals surface area contributed by atoms with E-state index in [1.807, 2.05) is 74.1 Å². The minimum absolute atomic E-state index is 0.0571. The van der Waals surface area contributed by atoms with Gasteiger partial charge in [0.25, 0.3) is 5.91 Å². The number of hydrogen-bond acceptors (Lipinski definition) is 20. The normalized spacial score (nSPS) is 29.3. The number of carboxylic acid groups (broad SMARTS) is 1. The number of amides is 2. The lowest BCUT2D eigenvalue weighted by atomic mass is 9.89. The lowest BCUT2D eigenvalue weighted by molar-refractivity contribution is -0.378. The first-order valence-electron chi connectivity index (χ1n) is 26.2. The number of unbranched alkanes of at least 4 members (excludes halogenated alkanes) is 5. The Morgan fingerprint density at radius 1 is 0.654 bits per heavy atom. The Kier molecular flexibility index (Phi) is 21.1. The predicted octanol–water partition coefficient (Wildman–Crippen LogP) is -0.930. The van der Waals surface area contributed by atoms with Gasteiger partial charge >= 0.3 is 5.97 Å². The van der Waals surface area contributed by atoms with Crippen LogP contribution in [0.5, 0.6) is 0 Å². The van der Waals surface area contributed by atoms with Gasteiger partial charge < -0.3 is 99.4 Å². The van der Waals surface area contributed by atoms with Crippen molar-refractivity contribution in [3.63, 3.8) is 0 Å². The fourth-order valence-electron chi connectivity index (χ4n) is 9.78. The average Bonchev–Trinajstić information content (AvgIpc) is 3.49. The van der Waals surface area contributed by atoms with Crippen molar-refractivity contribution in [2.75, 3.05) is 66.0 Å². The number of nitrogens with zero attached hydrogens (tertiary/aromatic N) is 2. The maximum atomic E-state index is 13.3. The van der Waals surface area contributed by atoms with Crippen LogP contribution in [-0.2, 0) is 33.2 Å². The summed E-state index contributed by atoms with van der Waals surface area (Å²) >= 11 is 0. The molecule has 12 N–H and O–H groups in total. The van der Waals surface area contributed by atoms with Gasteiger partial charge in [-0.25, -0.2) is 9.37 Å². The molecule has 2 amide bonds. The Hall–Kier alpha value is -5.26. The highest BCUT2D eigenvalue weighted by atomic mass is 16.8. The summed E-state index contributed by atoms with van der Waals surface area (Å²) in [5.74, 6) is -1.31. The molecule has 0 radical (unpaired) electrons. The Bertz CT molecular complexity index is 2700. The van der Waals surface area contributed by atoms with Crippen molar-refractivity contribution in [1.29, 1.82) is 0 Å². The van der Waals surface area contributed by atoms with E-state index in [1.54, 1.807) is 12.1 Å². The maximum absolute atomic E-state index is 13.3. The first kappa shape index (κ1) is 60.4. The molecule has 0 spiro atoms. The molecule has 2 aromatic carbocycles. The molecule has 24 heteroatoms. The molecule has 2 aromatic rings. The molecule has 4 heterocycles. The maximum Gasteiger partial charge on any atom is 0.336 e. The number of benzene rings is 3. The first-order chi connectivity index (χ1) is 37.2. The fourth-order valence-corrected chi connectivity index (χ4v) is 9.78. The van der Waals surface area contributed by atoms with Crippen LogP contribution in [0.15, 0.2) is 59.0 Å². The Labute approximate surface area is 450 Å². The number of nitrogens with one attached hydrogen (secondary N) is 2. The highest BCUT2D eigenvalue weighted by Gasteiger charge is 2.53. The van der Waals surface area contributed by atoms with Gasteiger partial charge in [0.1, 0.15) is 92.6 Å². The number of hydrogen-bond donors (Lipinski definition) is 12. The molecule has 0 bridgehead atoms. The van der Waals surface area contributed by atoms with Crippen LogP contribution in [0.1, 0.15) is 72.6 Å². The minimum atomic E-state index is -1.90. The van der Waals surface area contributed by atoms with Crippen molar-refractivity contribution < 1.29 is 98.3 Å². The highest BCUT2D eigenvalue weighted by Crippen LogP contribution is 2.42. The number of rotatable bonds is 23. The Morgan fingerprint density at radius 3 is 1.88 bits per heavy atom. The summed E-state index contributed by atoms with van der Waals surface area (Å²) in [6, 6.07) is 16.1. The van der Waals surface area contributed by atoms with Crippen molar-refractivity contribution in [1.82, 2.24) is 15.2 Å². The molecule has 5 aliphatic rings. The van der Waals surface area contributed by atoms with Crippen molar-refractivity contribution in [2.45, 2.75) is 144 Å². The second kappa shape index (κ2) is 27.3. The third-order valence-corrected chi connectivity index (χ3v) is 14.3. The van der Waals surface area contributed by atoms with E-state index in [0.717, 1.165) is 36.7 Å². The topological polar surface area (TPSA) is 352 Å². The molecule has 7 rings (SSSR count). The molecule has 0 aromatic heterocycles. The number of ether oxygens (including phenoxy) is 6. The van der Waals surface area contributed by atoms with Crippen LogP contribution in [0.3, 0.4) is 0 Å². The summed E-state index contributed by atoms with van der Waals surface area (Å²) in [5, 5.41) is 112. The molecule has 430 valence electrons. The second-order valence-electron chi connectivity index (χ2n) is 20.3. The lowest BCUT2D eigenvalue weighted by Crippen LogP contribution is -2.66. The van der Waals surface area contributed by atoms with Gasteiger partial charge in [-0.2, -0.15) is 0 Å². The van der Waals surface area contributed by atoms with Gasteiger partial charge in [-0.1, -0.05) is 31.7 Å². The minimum Gasteiger partial charge on any atom is -0.478 e. The molecule has 78 heavy (non-hydrogen) atoms. The van der Waals surface area contributed by atoms with Crippen molar-refractivity contribution in [2.24, 2.45) is 0 Å². The van der Waals surface area contributed by atoms with Crippen LogP contribution < -0.4 is 25.5 Å². The monoisotopic (exact) mass is 1100 g/mol. The molecular formula is C54H75N4O20+. The zero-order valence-corrected chi connectivity index (χ0v) is 44.3. The van der Waals surface area contributed by atoms with Crippen LogP contribution in [-0.4, -0.2) is 222 Å². The molecule has 4 aliphatic heterocycles. The number of anilines is 1. The number of aliphatic hydroxyl groups excluding tert-OH is 9. The van der Waals surface area contributed by atoms with E-state index in [1.165, 1.54) is 13.0 Å². The van der Waals surface area contributed by atoms with E-state index in [4.69, 9.17) is 32.8 Å². The largest absolute Gasteiger partial charge is 0.478 e. The number of aliphatic hydroxyl groups is 9. The van der Waals surface area contributed by atoms with Crippen molar-refractivity contribution >= 4 is 34.4 Å². The van der Waals surface area contributed by atoms with Crippen LogP contribution in [0, 0.1) is 0 Å². The summed E-state index contributed by atoms with van der Waals surface area (Å²) in [6.45, 7) is 0.306. The molecule has 15 atom stereocenters. The number of carbonyl (C=O) groups is 3. The third-order valence-electron chi connectivity index (χ3n) is 14.3. The number of aromatic carboxylic acids is 1. The van der Waals surface area contributed by atoms with Gasteiger partial charge in [-0.05, 0) is 55.7 Å². The number of carboxylic acids is 1. The molecule has 0 unspecified atom stereocenters. The Balaban J connectivity index is 0.795. The molecule has 3 saturated heterocycles. The van der Waals surface area contributed by atoms with Gasteiger partial charge in [0.05, 0.1) is 30.9 Å². The fraction of sp³-hybridized carbons (Fsp3) is 0.593. The predicted molar refractivity (Wildman–Crippen MR) is 278 cm³/mol. The molecule has 24 nitrogen and oxygen atoms in total. The van der Waals surface area contributed by atoms with E-state index in [-0.39, 0.29) is 43.2 Å². The van der Waals surface area contributed by atoms with E-state index in [2.05, 4.69) is 10.6 Å². The lowest BCUT2D eigenvalue weighted by Gasteiger charge is -2.48. The summed E-state index contributed by atoms with van der Waals surface area (Å²) in [7, 11) is 7.68. The van der Waals surface area contributed by atoms with Crippen molar-refractivity contribution in [3.8, 4) is 22.5 Å². The van der Waals surface area contributed by atoms with Gasteiger partial charge in [0.15, 0.2) is 18.9 Å². The molecular weight excluding hydrogens is 1020 g/mol. The number of carbonyl (C=O) groups excluding carboxylic acids is 2. The molecule has 3 fully saturated rings. The smallest absolute Gasteiger partial charge is 0.336 e. The standard InChI is InChI=1S/C54H74N4O20/c1-27-41(62)42(63)45(66)53(73-27)77-49-38(26-60)76-54(47(68)44(49)65)78-48-37(25-59)75-52(46(67)43(48)64)72-21-11-9-7-6-8-10-12-39(61)55-19-20-56-50(69)28-13-16-31(34(22-28)51(70)71)40-32-17-14-29(57(2)3)23-35(32)74-36-24-30(58(4)5)15-18-33(36)40/h13-18,22-24,27,37-38,41-49,52-54,59-60,62-68H,6-12,19-21,25-26H2,1-5H3,(H2-,55,56,61,69,70,71)/p+1/t27-,37-,38-,41+,42+,43-,44-,45-,46-,47-,48-,49+,52-,53-,54+/m1/s1. The van der Waals surface area contributed by atoms with Crippen molar-refractivity contribution in [3.05, 3.63) is 71.1 Å². The first-order valence-corrected chi connectivity index (χ1v) is 26.2. The van der Waals surface area contributed by atoms with Crippen LogP contribution >= 0.6 is 0 Å². The summed E-state index contributed by atoms with van der Waals surface area (Å²) in [5.41, 5.74) is 3.37. The molecule has 0 saturated carbocycles. The SMILES string of the molecule is C[C@H]1O[C@H](O[C@@H]2[C@H](O)[C@@H](O)[C@H](O[C@H]3[C@H](O)[C@@H](O)[C@H](OCCCCCCCCC(=O)NCCNC(=O)c4ccc(-c5c6ccc(=[N+](C)C)cc-6oc6cc(N(C)C)ccc56)c(C(=O)O)c4)O[C@@H]3CO)O[C@@H]2CO)[C@H](O)[C@@H](O)[C@H]1O. The Morgan fingerprint density at radius 2 is 1.24 bits per heavy atom. The highest BCUT2D eigenvalue weighted by molar-refractivity contribution is 6.09. The molecule has 1 aliphatic carbocycles. The second-order valence-corrected chi connectivity index (χ2v) is 20.3. The van der Waals surface area contributed by atoms with Gasteiger partial charge in [0.2, 0.25) is 11.3 Å². The van der Waals surface area contributed by atoms with Gasteiger partial charge in [0, 0.05) is 80.1 Å². The quantitative estimate of drug-likeness (QED) is 0.0243.